The van der Waals surface area contributed by atoms with Gasteiger partial charge in [0, 0.05) is 6.42 Å². The molecule has 3 heteroatoms. The van der Waals surface area contributed by atoms with Crippen molar-refractivity contribution >= 4 is 5.97 Å². The number of benzene rings is 1. The van der Waals surface area contributed by atoms with Crippen LogP contribution >= 0.6 is 0 Å². The summed E-state index contributed by atoms with van der Waals surface area (Å²) in [5, 5.41) is 0. The van der Waals surface area contributed by atoms with Gasteiger partial charge in [-0.1, -0.05) is 77.3 Å². The molecule has 3 aliphatic rings. The van der Waals surface area contributed by atoms with Crippen molar-refractivity contribution in [3.63, 3.8) is 0 Å². The topological polar surface area (TPSA) is 26.3 Å². The molecule has 2 aliphatic carbocycles. The number of rotatable bonds is 6. The molecule has 0 amide bonds. The number of cyclic esters (lactones) is 1. The molecule has 1 aromatic rings. The second-order valence-electron chi connectivity index (χ2n) is 10.5. The van der Waals surface area contributed by atoms with Gasteiger partial charge in [0.1, 0.15) is 11.9 Å². The lowest BCUT2D eigenvalue weighted by Gasteiger charge is -2.35. The van der Waals surface area contributed by atoms with E-state index in [1.165, 1.54) is 51.4 Å². The highest BCUT2D eigenvalue weighted by Crippen LogP contribution is 2.37. The van der Waals surface area contributed by atoms with Crippen LogP contribution in [0.2, 0.25) is 0 Å². The van der Waals surface area contributed by atoms with Crippen LogP contribution in [-0.2, 0) is 17.6 Å². The minimum Gasteiger partial charge on any atom is -0.458 e. The van der Waals surface area contributed by atoms with E-state index in [1.807, 2.05) is 12.1 Å². The Kier molecular flexibility index (Phi) is 7.16. The normalized spacial score (nSPS) is 31.8. The summed E-state index contributed by atoms with van der Waals surface area (Å²) in [6, 6.07) is 3.94. The number of esters is 1. The fraction of sp³-hybridized carbons (Fsp3) is 0.741. The van der Waals surface area contributed by atoms with Crippen LogP contribution in [0.5, 0.6) is 0 Å². The number of hydrogen-bond donors (Lipinski definition) is 0. The minimum absolute atomic E-state index is 0.0685. The fourth-order valence-corrected chi connectivity index (χ4v) is 6.20. The Morgan fingerprint density at radius 2 is 1.63 bits per heavy atom. The maximum absolute atomic E-state index is 15.2. The van der Waals surface area contributed by atoms with Gasteiger partial charge >= 0.3 is 5.97 Å². The highest BCUT2D eigenvalue weighted by molar-refractivity contribution is 5.92. The second kappa shape index (κ2) is 9.83. The number of hydrogen-bond acceptors (Lipinski definition) is 2. The van der Waals surface area contributed by atoms with E-state index in [-0.39, 0.29) is 17.5 Å². The molecule has 4 rings (SSSR count). The molecule has 0 bridgehead atoms. The molecule has 0 N–H and O–H groups in total. The van der Waals surface area contributed by atoms with Crippen molar-refractivity contribution in [2.45, 2.75) is 103 Å². The van der Waals surface area contributed by atoms with Gasteiger partial charge in [-0.3, -0.25) is 0 Å². The van der Waals surface area contributed by atoms with Gasteiger partial charge in [0.15, 0.2) is 0 Å². The van der Waals surface area contributed by atoms with Gasteiger partial charge in [0.05, 0.1) is 5.56 Å². The zero-order valence-electron chi connectivity index (χ0n) is 18.9. The van der Waals surface area contributed by atoms with Crippen LogP contribution in [0.15, 0.2) is 12.1 Å². The largest absolute Gasteiger partial charge is 0.458 e. The third-order valence-corrected chi connectivity index (χ3v) is 8.26. The van der Waals surface area contributed by atoms with E-state index in [0.29, 0.717) is 23.8 Å². The summed E-state index contributed by atoms with van der Waals surface area (Å²) < 4.78 is 21.0. The first-order chi connectivity index (χ1) is 14.5. The van der Waals surface area contributed by atoms with Crippen LogP contribution in [0.3, 0.4) is 0 Å². The molecule has 1 atom stereocenters. The maximum Gasteiger partial charge on any atom is 0.341 e. The average Bonchev–Trinajstić information content (AvgIpc) is 2.75. The fourth-order valence-electron chi connectivity index (χ4n) is 6.20. The lowest BCUT2D eigenvalue weighted by Crippen LogP contribution is -2.36. The summed E-state index contributed by atoms with van der Waals surface area (Å²) in [6.07, 6.45) is 14.9. The molecule has 166 valence electrons. The Morgan fingerprint density at radius 3 is 2.30 bits per heavy atom. The van der Waals surface area contributed by atoms with Crippen LogP contribution in [-0.4, -0.2) is 12.1 Å². The molecule has 1 unspecified atom stereocenters. The molecule has 0 saturated heterocycles. The van der Waals surface area contributed by atoms with Gasteiger partial charge in [0.25, 0.3) is 0 Å². The van der Waals surface area contributed by atoms with Gasteiger partial charge in [-0.05, 0) is 60.5 Å². The van der Waals surface area contributed by atoms with Gasteiger partial charge in [-0.2, -0.15) is 0 Å². The molecule has 30 heavy (non-hydrogen) atoms. The van der Waals surface area contributed by atoms with Gasteiger partial charge in [0.2, 0.25) is 0 Å². The molecule has 2 fully saturated rings. The van der Waals surface area contributed by atoms with E-state index in [1.54, 1.807) is 0 Å². The maximum atomic E-state index is 15.2. The summed E-state index contributed by atoms with van der Waals surface area (Å²) in [6.45, 7) is 4.57. The molecular weight excluding hydrogens is 375 g/mol. The van der Waals surface area contributed by atoms with Crippen molar-refractivity contribution in [1.82, 2.24) is 0 Å². The van der Waals surface area contributed by atoms with Crippen molar-refractivity contribution in [2.75, 3.05) is 0 Å². The summed E-state index contributed by atoms with van der Waals surface area (Å²) >= 11 is 0. The third-order valence-electron chi connectivity index (χ3n) is 8.26. The summed E-state index contributed by atoms with van der Waals surface area (Å²) in [5.41, 5.74) is 1.78. The van der Waals surface area contributed by atoms with E-state index in [0.717, 1.165) is 43.1 Å². The number of carbonyl (C=O) groups is 1. The number of carbonyl (C=O) groups excluding carboxylic acids is 1. The van der Waals surface area contributed by atoms with Gasteiger partial charge < -0.3 is 4.74 Å². The Hall–Kier alpha value is -1.38. The standard InChI is InChI=1S/C27H39FO2/c1-3-4-19-7-9-20(10-8-19)11-14-22-15-16-23-17-24(21-12-5-18(2)6-13-21)30-27(29)25(23)26(22)28/h15-16,18-21,24H,3-14,17H2,1-2H3. The van der Waals surface area contributed by atoms with Crippen LogP contribution < -0.4 is 0 Å². The molecule has 2 saturated carbocycles. The lowest BCUT2D eigenvalue weighted by atomic mass is 9.77. The van der Waals surface area contributed by atoms with E-state index in [2.05, 4.69) is 13.8 Å². The number of halogens is 1. The Balaban J connectivity index is 1.37. The zero-order valence-corrected chi connectivity index (χ0v) is 18.9. The summed E-state index contributed by atoms with van der Waals surface area (Å²) in [5.74, 6) is 2.07. The quantitative estimate of drug-likeness (QED) is 0.457. The molecule has 2 nitrogen and oxygen atoms in total. The second-order valence-corrected chi connectivity index (χ2v) is 10.5. The van der Waals surface area contributed by atoms with Crippen LogP contribution in [0, 0.1) is 29.5 Å². The molecule has 0 aromatic heterocycles. The van der Waals surface area contributed by atoms with Crippen molar-refractivity contribution in [2.24, 2.45) is 23.7 Å². The van der Waals surface area contributed by atoms with Crippen LogP contribution in [0.1, 0.15) is 106 Å². The van der Waals surface area contributed by atoms with Crippen molar-refractivity contribution in [3.8, 4) is 0 Å². The van der Waals surface area contributed by atoms with Crippen molar-refractivity contribution < 1.29 is 13.9 Å². The van der Waals surface area contributed by atoms with Crippen LogP contribution in [0.25, 0.3) is 0 Å². The molecule has 1 aliphatic heterocycles. The first-order valence-electron chi connectivity index (χ1n) is 12.6. The van der Waals surface area contributed by atoms with Crippen LogP contribution in [0.4, 0.5) is 4.39 Å². The number of aryl methyl sites for hydroxylation is 1. The van der Waals surface area contributed by atoms with Crippen molar-refractivity contribution in [1.29, 1.82) is 0 Å². The first-order valence-corrected chi connectivity index (χ1v) is 12.6. The monoisotopic (exact) mass is 414 g/mol. The zero-order chi connectivity index (χ0) is 21.1. The molecule has 1 heterocycles. The number of ether oxygens (including phenoxy) is 1. The SMILES string of the molecule is CCCC1CCC(CCc2ccc3c(c2F)C(=O)OC(C2CCC(C)CC2)C3)CC1. The summed E-state index contributed by atoms with van der Waals surface area (Å²) in [7, 11) is 0. The Labute approximate surface area is 182 Å². The Bertz CT molecular complexity index is 727. The smallest absolute Gasteiger partial charge is 0.341 e. The number of fused-ring (bicyclic) bond motifs is 1. The minimum atomic E-state index is -0.431. The van der Waals surface area contributed by atoms with Crippen molar-refractivity contribution in [3.05, 3.63) is 34.6 Å². The van der Waals surface area contributed by atoms with Gasteiger partial charge in [-0.25, -0.2) is 9.18 Å². The molecule has 0 spiro atoms. The lowest BCUT2D eigenvalue weighted by molar-refractivity contribution is -0.000184. The average molecular weight is 415 g/mol. The molecular formula is C27H39FO2. The summed E-state index contributed by atoms with van der Waals surface area (Å²) in [4.78, 5) is 12.7. The van der Waals surface area contributed by atoms with E-state index in [4.69, 9.17) is 4.74 Å². The molecule has 0 radical (unpaired) electrons. The molecule has 1 aromatic carbocycles. The first kappa shape index (κ1) is 21.8. The predicted octanol–water partition coefficient (Wildman–Crippen LogP) is 7.27. The predicted molar refractivity (Wildman–Crippen MR) is 119 cm³/mol. The van der Waals surface area contributed by atoms with E-state index >= 15 is 4.39 Å². The highest BCUT2D eigenvalue weighted by Gasteiger charge is 2.36. The highest BCUT2D eigenvalue weighted by atomic mass is 19.1. The van der Waals surface area contributed by atoms with E-state index < -0.39 is 5.97 Å². The van der Waals surface area contributed by atoms with E-state index in [9.17, 15) is 4.79 Å². The Morgan fingerprint density at radius 1 is 0.967 bits per heavy atom. The third kappa shape index (κ3) is 4.92. The van der Waals surface area contributed by atoms with Gasteiger partial charge in [-0.15, -0.1) is 0 Å².